The molecule has 1 saturated carbocycles. The first-order chi connectivity index (χ1) is 10.1. The molecule has 0 atom stereocenters. The van der Waals surface area contributed by atoms with Crippen molar-refractivity contribution in [3.05, 3.63) is 59.7 Å². The Balaban J connectivity index is 1.87. The Morgan fingerprint density at radius 2 is 2.19 bits per heavy atom. The first kappa shape index (κ1) is 13.5. The third kappa shape index (κ3) is 3.02. The molecule has 4 nitrogen and oxygen atoms in total. The van der Waals surface area contributed by atoms with Crippen LogP contribution in [-0.2, 0) is 6.54 Å². The third-order valence-corrected chi connectivity index (χ3v) is 3.57. The Bertz CT molecular complexity index is 656. The largest absolute Gasteiger partial charge is 0.398 e. The average Bonchev–Trinajstić information content (AvgIpc) is 3.32. The van der Waals surface area contributed by atoms with Gasteiger partial charge in [-0.3, -0.25) is 9.78 Å². The maximum atomic E-state index is 13.4. The van der Waals surface area contributed by atoms with Gasteiger partial charge in [-0.1, -0.05) is 6.07 Å². The quantitative estimate of drug-likeness (QED) is 0.878. The van der Waals surface area contributed by atoms with Gasteiger partial charge in [-0.15, -0.1) is 0 Å². The fourth-order valence-electron chi connectivity index (χ4n) is 2.31. The molecule has 1 heterocycles. The number of benzene rings is 1. The van der Waals surface area contributed by atoms with Crippen LogP contribution in [-0.4, -0.2) is 21.8 Å². The lowest BCUT2D eigenvalue weighted by Crippen LogP contribution is -2.33. The minimum atomic E-state index is -0.454. The molecule has 0 radical (unpaired) electrons. The maximum Gasteiger partial charge on any atom is 0.256 e. The molecule has 1 amide bonds. The number of carbonyl (C=O) groups is 1. The summed E-state index contributed by atoms with van der Waals surface area (Å²) in [4.78, 5) is 18.5. The summed E-state index contributed by atoms with van der Waals surface area (Å²) >= 11 is 0. The average molecular weight is 285 g/mol. The number of nitrogens with zero attached hydrogens (tertiary/aromatic N) is 2. The molecule has 21 heavy (non-hydrogen) atoms. The number of rotatable bonds is 4. The smallest absolute Gasteiger partial charge is 0.256 e. The number of nitrogen functional groups attached to an aromatic ring is 1. The van der Waals surface area contributed by atoms with E-state index in [1.807, 2.05) is 12.1 Å². The molecule has 2 aromatic rings. The summed E-state index contributed by atoms with van der Waals surface area (Å²) in [6.45, 7) is 0.466. The van der Waals surface area contributed by atoms with E-state index < -0.39 is 5.82 Å². The first-order valence-electron chi connectivity index (χ1n) is 6.90. The van der Waals surface area contributed by atoms with E-state index in [1.54, 1.807) is 17.3 Å². The number of anilines is 1. The number of nitrogens with two attached hydrogens (primary N) is 1. The van der Waals surface area contributed by atoms with E-state index >= 15 is 0 Å². The molecule has 108 valence electrons. The fraction of sp³-hybridized carbons (Fsp3) is 0.250. The normalized spacial score (nSPS) is 14.0. The van der Waals surface area contributed by atoms with Gasteiger partial charge >= 0.3 is 0 Å². The molecular formula is C16H16FN3O. The van der Waals surface area contributed by atoms with Crippen LogP contribution in [0.4, 0.5) is 10.1 Å². The highest BCUT2D eigenvalue weighted by Crippen LogP contribution is 2.30. The fourth-order valence-corrected chi connectivity index (χ4v) is 2.31. The molecule has 5 heteroatoms. The van der Waals surface area contributed by atoms with Crippen LogP contribution in [0.15, 0.2) is 42.7 Å². The molecule has 1 aliphatic carbocycles. The van der Waals surface area contributed by atoms with E-state index in [2.05, 4.69) is 4.98 Å². The first-order valence-corrected chi connectivity index (χ1v) is 6.90. The highest BCUT2D eigenvalue weighted by molar-refractivity contribution is 5.99. The Kier molecular flexibility index (Phi) is 3.56. The summed E-state index contributed by atoms with van der Waals surface area (Å²) in [5, 5.41) is 0. The minimum Gasteiger partial charge on any atom is -0.398 e. The van der Waals surface area contributed by atoms with Gasteiger partial charge < -0.3 is 10.6 Å². The number of pyridine rings is 1. The molecule has 1 aromatic heterocycles. The van der Waals surface area contributed by atoms with Crippen LogP contribution >= 0.6 is 0 Å². The van der Waals surface area contributed by atoms with Crippen molar-refractivity contribution < 1.29 is 9.18 Å². The summed E-state index contributed by atoms with van der Waals surface area (Å²) in [5.74, 6) is -0.678. The molecule has 0 bridgehead atoms. The Labute approximate surface area is 122 Å². The second-order valence-electron chi connectivity index (χ2n) is 5.26. The predicted molar refractivity (Wildman–Crippen MR) is 77.9 cm³/mol. The van der Waals surface area contributed by atoms with Gasteiger partial charge in [0, 0.05) is 30.7 Å². The topological polar surface area (TPSA) is 59.2 Å². The van der Waals surface area contributed by atoms with E-state index in [0.29, 0.717) is 12.2 Å². The number of aromatic nitrogens is 1. The van der Waals surface area contributed by atoms with Crippen LogP contribution < -0.4 is 5.73 Å². The van der Waals surface area contributed by atoms with Crippen molar-refractivity contribution in [1.82, 2.24) is 9.88 Å². The molecule has 0 unspecified atom stereocenters. The van der Waals surface area contributed by atoms with Gasteiger partial charge in [0.2, 0.25) is 0 Å². The summed E-state index contributed by atoms with van der Waals surface area (Å²) < 4.78 is 13.4. The third-order valence-electron chi connectivity index (χ3n) is 3.57. The van der Waals surface area contributed by atoms with Crippen LogP contribution in [0.3, 0.4) is 0 Å². The molecule has 1 aliphatic rings. The van der Waals surface area contributed by atoms with Crippen LogP contribution in [0.2, 0.25) is 0 Å². The van der Waals surface area contributed by atoms with Crippen LogP contribution in [0.25, 0.3) is 0 Å². The standard InChI is InChI=1S/C16H16FN3O/c17-12-3-6-15(18)14(8-12)16(21)20(13-4-5-13)10-11-2-1-7-19-9-11/h1-3,6-9,13H,4-5,10,18H2. The van der Waals surface area contributed by atoms with Crippen molar-refractivity contribution in [2.75, 3.05) is 5.73 Å². The zero-order valence-corrected chi connectivity index (χ0v) is 11.5. The monoisotopic (exact) mass is 285 g/mol. The van der Waals surface area contributed by atoms with Gasteiger partial charge in [-0.05, 0) is 42.7 Å². The molecule has 1 aromatic carbocycles. The molecule has 1 fully saturated rings. The lowest BCUT2D eigenvalue weighted by atomic mass is 10.1. The Morgan fingerprint density at radius 3 is 2.86 bits per heavy atom. The predicted octanol–water partition coefficient (Wildman–Crippen LogP) is 2.61. The number of hydrogen-bond acceptors (Lipinski definition) is 3. The molecule has 0 saturated heterocycles. The highest BCUT2D eigenvalue weighted by atomic mass is 19.1. The van der Waals surface area contributed by atoms with Crippen LogP contribution in [0.1, 0.15) is 28.8 Å². The van der Waals surface area contributed by atoms with E-state index in [1.165, 1.54) is 18.2 Å². The SMILES string of the molecule is Nc1ccc(F)cc1C(=O)N(Cc1cccnc1)C1CC1. The Morgan fingerprint density at radius 1 is 1.38 bits per heavy atom. The van der Waals surface area contributed by atoms with Gasteiger partial charge in [0.25, 0.3) is 5.91 Å². The molecule has 0 aliphatic heterocycles. The van der Waals surface area contributed by atoms with Gasteiger partial charge in [-0.2, -0.15) is 0 Å². The van der Waals surface area contributed by atoms with Crippen LogP contribution in [0, 0.1) is 5.82 Å². The number of hydrogen-bond donors (Lipinski definition) is 1. The van der Waals surface area contributed by atoms with E-state index in [4.69, 9.17) is 5.73 Å². The van der Waals surface area contributed by atoms with Crippen molar-refractivity contribution >= 4 is 11.6 Å². The minimum absolute atomic E-state index is 0.209. The van der Waals surface area contributed by atoms with E-state index in [0.717, 1.165) is 18.4 Å². The van der Waals surface area contributed by atoms with Crippen molar-refractivity contribution in [2.45, 2.75) is 25.4 Å². The van der Waals surface area contributed by atoms with Crippen molar-refractivity contribution in [3.8, 4) is 0 Å². The summed E-state index contributed by atoms with van der Waals surface area (Å²) in [7, 11) is 0. The molecule has 0 spiro atoms. The van der Waals surface area contributed by atoms with Crippen molar-refractivity contribution in [2.24, 2.45) is 0 Å². The molecular weight excluding hydrogens is 269 g/mol. The zero-order valence-electron chi connectivity index (χ0n) is 11.5. The number of amides is 1. The summed E-state index contributed by atoms with van der Waals surface area (Å²) in [6.07, 6.45) is 5.37. The lowest BCUT2D eigenvalue weighted by molar-refractivity contribution is 0.0730. The van der Waals surface area contributed by atoms with Crippen molar-refractivity contribution in [1.29, 1.82) is 0 Å². The molecule has 3 rings (SSSR count). The van der Waals surface area contributed by atoms with Crippen molar-refractivity contribution in [3.63, 3.8) is 0 Å². The van der Waals surface area contributed by atoms with Crippen LogP contribution in [0.5, 0.6) is 0 Å². The zero-order chi connectivity index (χ0) is 14.8. The number of carbonyl (C=O) groups excluding carboxylic acids is 1. The molecule has 2 N–H and O–H groups in total. The number of halogens is 1. The maximum absolute atomic E-state index is 13.4. The lowest BCUT2D eigenvalue weighted by Gasteiger charge is -2.23. The highest BCUT2D eigenvalue weighted by Gasteiger charge is 2.33. The van der Waals surface area contributed by atoms with Gasteiger partial charge in [-0.25, -0.2) is 4.39 Å². The summed E-state index contributed by atoms with van der Waals surface area (Å²) in [6, 6.07) is 7.86. The second-order valence-corrected chi connectivity index (χ2v) is 5.26. The second kappa shape index (κ2) is 5.52. The van der Waals surface area contributed by atoms with Gasteiger partial charge in [0.1, 0.15) is 5.82 Å². The van der Waals surface area contributed by atoms with E-state index in [-0.39, 0.29) is 17.5 Å². The Hall–Kier alpha value is -2.43. The summed E-state index contributed by atoms with van der Waals surface area (Å²) in [5.41, 5.74) is 7.30. The van der Waals surface area contributed by atoms with Gasteiger partial charge in [0.05, 0.1) is 5.56 Å². The van der Waals surface area contributed by atoms with E-state index in [9.17, 15) is 9.18 Å². The van der Waals surface area contributed by atoms with Gasteiger partial charge in [0.15, 0.2) is 0 Å².